The van der Waals surface area contributed by atoms with Gasteiger partial charge in [-0.2, -0.15) is 0 Å². The van der Waals surface area contributed by atoms with Crippen molar-refractivity contribution in [3.05, 3.63) is 29.8 Å². The highest BCUT2D eigenvalue weighted by Crippen LogP contribution is 2.29. The van der Waals surface area contributed by atoms with Gasteiger partial charge in [0.05, 0.1) is 11.6 Å². The normalized spacial score (nSPS) is 26.1. The molecule has 0 radical (unpaired) electrons. The maximum Gasteiger partial charge on any atom is 0.255 e. The molecule has 2 fully saturated rings. The summed E-state index contributed by atoms with van der Waals surface area (Å²) in [4.78, 5) is 56.2. The van der Waals surface area contributed by atoms with Crippen LogP contribution in [-0.2, 0) is 14.4 Å². The van der Waals surface area contributed by atoms with Crippen molar-refractivity contribution in [3.63, 3.8) is 0 Å². The summed E-state index contributed by atoms with van der Waals surface area (Å²) in [5, 5.41) is 12.1. The summed E-state index contributed by atoms with van der Waals surface area (Å²) in [7, 11) is 0. The van der Waals surface area contributed by atoms with Crippen LogP contribution in [0, 0.1) is 5.92 Å². The highest BCUT2D eigenvalue weighted by atomic mass is 16.5. The average Bonchev–Trinajstić information content (AvgIpc) is 3.43. The molecule has 4 N–H and O–H groups in total. The van der Waals surface area contributed by atoms with E-state index in [2.05, 4.69) is 33.1 Å². The van der Waals surface area contributed by atoms with E-state index in [4.69, 9.17) is 4.74 Å². The zero-order valence-electron chi connectivity index (χ0n) is 24.8. The molecule has 0 unspecified atom stereocenters. The maximum absolute atomic E-state index is 13.7. The fourth-order valence-electron chi connectivity index (χ4n) is 6.22. The molecule has 2 heterocycles. The lowest BCUT2D eigenvalue weighted by Crippen LogP contribution is -2.62. The number of benzene rings is 1. The van der Waals surface area contributed by atoms with Crippen LogP contribution in [0.2, 0.25) is 0 Å². The van der Waals surface area contributed by atoms with E-state index in [9.17, 15) is 19.2 Å². The van der Waals surface area contributed by atoms with Gasteiger partial charge in [-0.15, -0.1) is 0 Å². The summed E-state index contributed by atoms with van der Waals surface area (Å²) in [5.74, 6) is -0.817. The van der Waals surface area contributed by atoms with E-state index in [0.29, 0.717) is 30.7 Å². The number of carbonyl (C=O) groups excluding carboxylic acids is 4. The summed E-state index contributed by atoms with van der Waals surface area (Å²) in [6.45, 7) is 8.71. The van der Waals surface area contributed by atoms with Gasteiger partial charge < -0.3 is 26.0 Å². The number of nitrogens with one attached hydrogen (secondary N) is 4. The number of hydrogen-bond acceptors (Lipinski definition) is 6. The summed E-state index contributed by atoms with van der Waals surface area (Å²) in [6, 6.07) is 5.92. The molecule has 4 rings (SSSR count). The third kappa shape index (κ3) is 7.78. The molecule has 1 spiro atoms. The van der Waals surface area contributed by atoms with Crippen LogP contribution in [0.25, 0.3) is 0 Å². The van der Waals surface area contributed by atoms with Crippen LogP contribution in [0.15, 0.2) is 24.3 Å². The smallest absolute Gasteiger partial charge is 0.255 e. The van der Waals surface area contributed by atoms with Gasteiger partial charge in [0.15, 0.2) is 0 Å². The number of fused-ring (bicyclic) bond motifs is 1. The van der Waals surface area contributed by atoms with Gasteiger partial charge in [0.2, 0.25) is 17.7 Å². The van der Waals surface area contributed by atoms with Crippen molar-refractivity contribution in [1.29, 1.82) is 0 Å². The molecular weight excluding hydrogens is 522 g/mol. The van der Waals surface area contributed by atoms with Crippen LogP contribution in [0.4, 0.5) is 0 Å². The summed E-state index contributed by atoms with van der Waals surface area (Å²) < 4.78 is 6.12. The van der Waals surface area contributed by atoms with Crippen LogP contribution in [0.1, 0.15) is 88.9 Å². The van der Waals surface area contributed by atoms with E-state index in [1.807, 2.05) is 13.8 Å². The fraction of sp³-hybridized carbons (Fsp3) is 0.677. The molecule has 0 aromatic heterocycles. The Hall–Kier alpha value is -3.14. The van der Waals surface area contributed by atoms with Crippen LogP contribution in [-0.4, -0.2) is 78.4 Å². The average molecular weight is 570 g/mol. The minimum Gasteiger partial charge on any atom is -0.491 e. The van der Waals surface area contributed by atoms with E-state index in [0.717, 1.165) is 45.2 Å². The van der Waals surface area contributed by atoms with Crippen LogP contribution in [0.3, 0.4) is 0 Å². The molecular formula is C31H47N5O5. The van der Waals surface area contributed by atoms with Crippen molar-refractivity contribution in [1.82, 2.24) is 26.2 Å². The van der Waals surface area contributed by atoms with Gasteiger partial charge in [-0.25, -0.2) is 0 Å². The predicted molar refractivity (Wildman–Crippen MR) is 156 cm³/mol. The van der Waals surface area contributed by atoms with Gasteiger partial charge in [0.25, 0.3) is 5.91 Å². The zero-order chi connectivity index (χ0) is 29.4. The number of rotatable bonds is 5. The number of amides is 4. The summed E-state index contributed by atoms with van der Waals surface area (Å²) in [5.41, 5.74) is -0.691. The van der Waals surface area contributed by atoms with Gasteiger partial charge in [-0.05, 0) is 63.2 Å². The topological polar surface area (TPSA) is 129 Å². The molecule has 1 aromatic rings. The number of likely N-dealkylation sites (N-methyl/N-ethyl adjacent to an activating group) is 1. The van der Waals surface area contributed by atoms with Gasteiger partial charge in [0.1, 0.15) is 23.9 Å². The second kappa shape index (κ2) is 14.2. The van der Waals surface area contributed by atoms with Crippen molar-refractivity contribution in [2.75, 3.05) is 26.2 Å². The quantitative estimate of drug-likeness (QED) is 0.432. The Morgan fingerprint density at radius 1 is 1.07 bits per heavy atom. The molecule has 1 saturated carbocycles. The number of nitrogens with zero attached hydrogens (tertiary/aromatic N) is 1. The van der Waals surface area contributed by atoms with E-state index >= 15 is 0 Å². The largest absolute Gasteiger partial charge is 0.491 e. The lowest BCUT2D eigenvalue weighted by atomic mass is 9.80. The van der Waals surface area contributed by atoms with Gasteiger partial charge in [-0.1, -0.05) is 52.2 Å². The molecule has 2 aliphatic heterocycles. The first kappa shape index (κ1) is 30.8. The number of ether oxygens (including phenoxy) is 1. The second-order valence-corrected chi connectivity index (χ2v) is 12.1. The van der Waals surface area contributed by atoms with E-state index in [-0.39, 0.29) is 55.2 Å². The van der Waals surface area contributed by atoms with Crippen LogP contribution >= 0.6 is 0 Å². The monoisotopic (exact) mass is 569 g/mol. The standard InChI is InChI=1S/C31H47N5O5/c1-4-36-18-10-11-22(36)19-32-29(39)24-14-15-27(37)35-31(16-8-5-9-17-31)30(40)34-25(21(2)3)20-41-26-13-7-6-12-23(26)28(38)33-24/h6-7,12-13,21-22,24-25H,4-5,8-11,14-20H2,1-3H3,(H,32,39)(H,33,38)(H,34,40)(H,35,37)/t22-,24-,25-/m0/s1. The molecule has 41 heavy (non-hydrogen) atoms. The first-order chi connectivity index (χ1) is 19.7. The fourth-order valence-corrected chi connectivity index (χ4v) is 6.22. The van der Waals surface area contributed by atoms with Crippen molar-refractivity contribution in [3.8, 4) is 5.75 Å². The molecule has 10 nitrogen and oxygen atoms in total. The third-order valence-corrected chi connectivity index (χ3v) is 8.89. The highest BCUT2D eigenvalue weighted by Gasteiger charge is 2.42. The minimum atomic E-state index is -0.992. The molecule has 4 amide bonds. The Kier molecular flexibility index (Phi) is 10.6. The first-order valence-corrected chi connectivity index (χ1v) is 15.4. The van der Waals surface area contributed by atoms with Crippen molar-refractivity contribution < 1.29 is 23.9 Å². The molecule has 3 atom stereocenters. The van der Waals surface area contributed by atoms with Gasteiger partial charge in [0, 0.05) is 19.0 Å². The lowest BCUT2D eigenvalue weighted by Gasteiger charge is -2.38. The van der Waals surface area contributed by atoms with E-state index in [1.165, 1.54) is 0 Å². The summed E-state index contributed by atoms with van der Waals surface area (Å²) >= 11 is 0. The molecule has 1 saturated heterocycles. The third-order valence-electron chi connectivity index (χ3n) is 8.89. The number of hydrogen-bond donors (Lipinski definition) is 4. The van der Waals surface area contributed by atoms with Crippen molar-refractivity contribution >= 4 is 23.6 Å². The van der Waals surface area contributed by atoms with Gasteiger partial charge >= 0.3 is 0 Å². The molecule has 0 bridgehead atoms. The minimum absolute atomic E-state index is 0.00364. The number of carbonyl (C=O) groups is 4. The molecule has 10 heteroatoms. The summed E-state index contributed by atoms with van der Waals surface area (Å²) in [6.07, 6.45) is 6.07. The molecule has 3 aliphatic rings. The second-order valence-electron chi connectivity index (χ2n) is 12.1. The maximum atomic E-state index is 13.7. The Morgan fingerprint density at radius 2 is 1.83 bits per heavy atom. The Balaban J connectivity index is 1.59. The SMILES string of the molecule is CCN1CCC[C@H]1CNC(=O)[C@@H]1CCC(=O)NC2(CCCCC2)C(=O)N[C@H](C(C)C)COc2ccccc2C(=O)N1. The Labute approximate surface area is 243 Å². The van der Waals surface area contributed by atoms with E-state index < -0.39 is 17.5 Å². The zero-order valence-corrected chi connectivity index (χ0v) is 24.8. The lowest BCUT2D eigenvalue weighted by molar-refractivity contribution is -0.136. The van der Waals surface area contributed by atoms with Crippen LogP contribution in [0.5, 0.6) is 5.75 Å². The molecule has 1 aliphatic carbocycles. The van der Waals surface area contributed by atoms with Gasteiger partial charge in [-0.3, -0.25) is 24.1 Å². The Bertz CT molecular complexity index is 1090. The van der Waals surface area contributed by atoms with Crippen LogP contribution < -0.4 is 26.0 Å². The van der Waals surface area contributed by atoms with Crippen molar-refractivity contribution in [2.45, 2.75) is 102 Å². The van der Waals surface area contributed by atoms with Crippen molar-refractivity contribution in [2.24, 2.45) is 5.92 Å². The number of likely N-dealkylation sites (tertiary alicyclic amines) is 1. The predicted octanol–water partition coefficient (Wildman–Crippen LogP) is 2.52. The first-order valence-electron chi connectivity index (χ1n) is 15.4. The molecule has 1 aromatic carbocycles. The Morgan fingerprint density at radius 3 is 2.56 bits per heavy atom. The van der Waals surface area contributed by atoms with E-state index in [1.54, 1.807) is 24.3 Å². The number of para-hydroxylation sites is 1. The molecule has 226 valence electrons. The highest BCUT2D eigenvalue weighted by molar-refractivity contribution is 6.00.